The summed E-state index contributed by atoms with van der Waals surface area (Å²) in [5, 5.41) is 5.31. The molecular formula is C19H12N4O3S. The molecule has 0 fully saturated rings. The van der Waals surface area contributed by atoms with Crippen LogP contribution in [0.3, 0.4) is 0 Å². The third-order valence-electron chi connectivity index (χ3n) is 3.76. The van der Waals surface area contributed by atoms with E-state index in [1.807, 2.05) is 29.6 Å². The van der Waals surface area contributed by atoms with E-state index in [2.05, 4.69) is 14.6 Å². The van der Waals surface area contributed by atoms with Gasteiger partial charge in [-0.05, 0) is 47.9 Å². The highest BCUT2D eigenvalue weighted by atomic mass is 32.1. The molecule has 0 radical (unpaired) electrons. The number of hydrogen-bond donors (Lipinski definition) is 0. The van der Waals surface area contributed by atoms with Gasteiger partial charge in [0, 0.05) is 23.1 Å². The van der Waals surface area contributed by atoms with Gasteiger partial charge in [0.05, 0.1) is 11.9 Å². The average Bonchev–Trinajstić information content (AvgIpc) is 3.44. The SMILES string of the molecule is O=C1C=CC(=O)N1c1ccc(-c2nc3ccccc3o2)cc1.c1csnn1. The van der Waals surface area contributed by atoms with Crippen LogP contribution in [0.25, 0.3) is 22.6 Å². The summed E-state index contributed by atoms with van der Waals surface area (Å²) >= 11 is 1.35. The molecule has 5 rings (SSSR count). The van der Waals surface area contributed by atoms with E-state index in [9.17, 15) is 9.59 Å². The lowest BCUT2D eigenvalue weighted by molar-refractivity contribution is -0.119. The highest BCUT2D eigenvalue weighted by Crippen LogP contribution is 2.27. The maximum absolute atomic E-state index is 11.6. The average molecular weight is 376 g/mol. The molecule has 4 aromatic rings. The lowest BCUT2D eigenvalue weighted by atomic mass is 10.2. The summed E-state index contributed by atoms with van der Waals surface area (Å²) in [4.78, 5) is 28.8. The number of aromatic nitrogens is 3. The molecule has 2 aromatic heterocycles. The fourth-order valence-corrected chi connectivity index (χ4v) is 2.81. The molecule has 3 heterocycles. The van der Waals surface area contributed by atoms with Gasteiger partial charge in [0.1, 0.15) is 5.52 Å². The standard InChI is InChI=1S/C17H10N2O3.C2H2N2S/c20-15-9-10-16(21)19(15)12-7-5-11(6-8-12)17-18-13-3-1-2-4-14(13)22-17;1-2-5-4-3-1/h1-10H;1-2H. The van der Waals surface area contributed by atoms with Crippen molar-refractivity contribution in [2.45, 2.75) is 0 Å². The Morgan fingerprint density at radius 3 is 2.26 bits per heavy atom. The summed E-state index contributed by atoms with van der Waals surface area (Å²) in [5.41, 5.74) is 2.82. The molecule has 1 aliphatic rings. The molecule has 0 spiro atoms. The normalized spacial score (nSPS) is 13.1. The van der Waals surface area contributed by atoms with Crippen molar-refractivity contribution in [1.29, 1.82) is 0 Å². The number of imide groups is 1. The number of benzene rings is 2. The Kier molecular flexibility index (Phi) is 4.54. The van der Waals surface area contributed by atoms with E-state index in [4.69, 9.17) is 4.42 Å². The van der Waals surface area contributed by atoms with Gasteiger partial charge in [-0.1, -0.05) is 16.6 Å². The predicted octanol–water partition coefficient (Wildman–Crippen LogP) is 3.46. The molecule has 0 unspecified atom stereocenters. The second-order valence-corrected chi connectivity index (χ2v) is 6.11. The van der Waals surface area contributed by atoms with Crippen LogP contribution in [0.4, 0.5) is 5.69 Å². The highest BCUT2D eigenvalue weighted by Gasteiger charge is 2.25. The number of carbonyl (C=O) groups is 2. The van der Waals surface area contributed by atoms with Crippen molar-refractivity contribution in [3.63, 3.8) is 0 Å². The molecule has 2 aromatic carbocycles. The minimum atomic E-state index is -0.334. The van der Waals surface area contributed by atoms with Gasteiger partial charge in [-0.3, -0.25) is 9.59 Å². The summed E-state index contributed by atoms with van der Waals surface area (Å²) in [6.07, 6.45) is 4.18. The molecule has 7 nitrogen and oxygen atoms in total. The fraction of sp³-hybridized carbons (Fsp3) is 0. The van der Waals surface area contributed by atoms with Crippen LogP contribution < -0.4 is 4.90 Å². The van der Waals surface area contributed by atoms with Gasteiger partial charge in [0.15, 0.2) is 5.58 Å². The molecule has 0 N–H and O–H groups in total. The molecule has 8 heteroatoms. The number of carbonyl (C=O) groups excluding carboxylic acids is 2. The lowest BCUT2D eigenvalue weighted by Crippen LogP contribution is -2.29. The second kappa shape index (κ2) is 7.30. The van der Waals surface area contributed by atoms with Crippen molar-refractivity contribution in [3.8, 4) is 11.5 Å². The van der Waals surface area contributed by atoms with Crippen LogP contribution in [0.1, 0.15) is 0 Å². The monoisotopic (exact) mass is 376 g/mol. The zero-order chi connectivity index (χ0) is 18.6. The van der Waals surface area contributed by atoms with E-state index in [-0.39, 0.29) is 11.8 Å². The Hall–Kier alpha value is -3.65. The molecule has 0 saturated heterocycles. The molecular weight excluding hydrogens is 364 g/mol. The van der Waals surface area contributed by atoms with Crippen molar-refractivity contribution in [2.24, 2.45) is 0 Å². The van der Waals surface area contributed by atoms with Crippen LogP contribution in [0, 0.1) is 0 Å². The number of nitrogens with zero attached hydrogens (tertiary/aromatic N) is 4. The van der Waals surface area contributed by atoms with Crippen molar-refractivity contribution >= 4 is 40.1 Å². The van der Waals surface area contributed by atoms with Gasteiger partial charge in [-0.15, -0.1) is 5.10 Å². The van der Waals surface area contributed by atoms with E-state index in [1.165, 1.54) is 23.7 Å². The maximum atomic E-state index is 11.6. The van der Waals surface area contributed by atoms with Gasteiger partial charge in [0.25, 0.3) is 11.8 Å². The largest absolute Gasteiger partial charge is 0.436 e. The Balaban J connectivity index is 0.000000314. The molecule has 0 aliphatic carbocycles. The minimum Gasteiger partial charge on any atom is -0.436 e. The quantitative estimate of drug-likeness (QED) is 0.498. The van der Waals surface area contributed by atoms with Crippen LogP contribution in [-0.4, -0.2) is 26.4 Å². The molecule has 0 saturated carbocycles. The van der Waals surface area contributed by atoms with Crippen LogP contribution >= 0.6 is 11.5 Å². The number of amides is 2. The third-order valence-corrected chi connectivity index (χ3v) is 4.19. The summed E-state index contributed by atoms with van der Waals surface area (Å²) in [6, 6.07) is 14.5. The van der Waals surface area contributed by atoms with Crippen LogP contribution in [-0.2, 0) is 9.59 Å². The molecule has 2 amide bonds. The van der Waals surface area contributed by atoms with E-state index in [0.29, 0.717) is 11.6 Å². The Labute approximate surface area is 157 Å². The Bertz CT molecular complexity index is 1050. The molecule has 27 heavy (non-hydrogen) atoms. The summed E-state index contributed by atoms with van der Waals surface area (Å²) in [7, 11) is 0. The Morgan fingerprint density at radius 1 is 0.926 bits per heavy atom. The van der Waals surface area contributed by atoms with E-state index >= 15 is 0 Å². The van der Waals surface area contributed by atoms with Crippen LogP contribution in [0.15, 0.2) is 76.7 Å². The van der Waals surface area contributed by atoms with Crippen molar-refractivity contribution < 1.29 is 14.0 Å². The van der Waals surface area contributed by atoms with Crippen molar-refractivity contribution in [1.82, 2.24) is 14.6 Å². The zero-order valence-electron chi connectivity index (χ0n) is 13.9. The van der Waals surface area contributed by atoms with Crippen LogP contribution in [0.5, 0.6) is 0 Å². The first kappa shape index (κ1) is 16.8. The zero-order valence-corrected chi connectivity index (χ0v) is 14.7. The van der Waals surface area contributed by atoms with Crippen molar-refractivity contribution in [2.75, 3.05) is 4.90 Å². The van der Waals surface area contributed by atoms with Gasteiger partial charge in [-0.25, -0.2) is 9.88 Å². The topological polar surface area (TPSA) is 89.2 Å². The molecule has 1 aliphatic heterocycles. The van der Waals surface area contributed by atoms with E-state index in [1.54, 1.807) is 30.5 Å². The first-order valence-corrected chi connectivity index (χ1v) is 8.79. The van der Waals surface area contributed by atoms with Gasteiger partial charge in [-0.2, -0.15) is 0 Å². The number of anilines is 1. The number of para-hydroxylation sites is 2. The molecule has 132 valence electrons. The van der Waals surface area contributed by atoms with E-state index < -0.39 is 0 Å². The summed E-state index contributed by atoms with van der Waals surface area (Å²) in [5.74, 6) is -0.163. The number of rotatable bonds is 2. The minimum absolute atomic E-state index is 0.334. The molecule has 0 bridgehead atoms. The van der Waals surface area contributed by atoms with Crippen LogP contribution in [0.2, 0.25) is 0 Å². The Morgan fingerprint density at radius 2 is 1.67 bits per heavy atom. The molecule has 0 atom stereocenters. The number of hydrogen-bond acceptors (Lipinski definition) is 7. The van der Waals surface area contributed by atoms with Gasteiger partial charge < -0.3 is 4.42 Å². The number of fused-ring (bicyclic) bond motifs is 1. The smallest absolute Gasteiger partial charge is 0.258 e. The van der Waals surface area contributed by atoms with E-state index in [0.717, 1.165) is 21.6 Å². The highest BCUT2D eigenvalue weighted by molar-refractivity contribution is 7.03. The second-order valence-electron chi connectivity index (χ2n) is 5.47. The lowest BCUT2D eigenvalue weighted by Gasteiger charge is -2.13. The predicted molar refractivity (Wildman–Crippen MR) is 101 cm³/mol. The number of oxazole rings is 1. The first-order valence-electron chi connectivity index (χ1n) is 7.95. The summed E-state index contributed by atoms with van der Waals surface area (Å²) < 4.78 is 9.20. The fourth-order valence-electron chi connectivity index (χ4n) is 2.54. The van der Waals surface area contributed by atoms with Gasteiger partial charge >= 0.3 is 0 Å². The van der Waals surface area contributed by atoms with Gasteiger partial charge in [0.2, 0.25) is 5.89 Å². The first-order chi connectivity index (χ1) is 13.2. The summed E-state index contributed by atoms with van der Waals surface area (Å²) in [6.45, 7) is 0. The maximum Gasteiger partial charge on any atom is 0.258 e. The third kappa shape index (κ3) is 3.51. The van der Waals surface area contributed by atoms with Crippen molar-refractivity contribution in [3.05, 3.63) is 72.3 Å².